The summed E-state index contributed by atoms with van der Waals surface area (Å²) in [6.45, 7) is 0.813. The summed E-state index contributed by atoms with van der Waals surface area (Å²) in [5, 5.41) is 9.04. The highest BCUT2D eigenvalue weighted by Crippen LogP contribution is 2.85. The lowest BCUT2D eigenvalue weighted by molar-refractivity contribution is 0.508. The molecule has 4 fully saturated rings. The zero-order valence-electron chi connectivity index (χ0n) is 8.32. The van der Waals surface area contributed by atoms with Crippen LogP contribution in [0.25, 0.3) is 0 Å². The molecule has 0 aromatic heterocycles. The summed E-state index contributed by atoms with van der Waals surface area (Å²) in [5.74, 6) is -0.679. The van der Waals surface area contributed by atoms with Crippen LogP contribution in [-0.2, 0) is 0 Å². The third kappa shape index (κ3) is 0.683. The van der Waals surface area contributed by atoms with Gasteiger partial charge in [-0.1, -0.05) is 0 Å². The normalized spacial score (nSPS) is 41.6. The number of nitrogens with zero attached hydrogens (tertiary/aromatic N) is 2. The molecule has 4 heteroatoms. The Morgan fingerprint density at radius 1 is 1.38 bits per heavy atom. The summed E-state index contributed by atoms with van der Waals surface area (Å²) >= 11 is 0. The van der Waals surface area contributed by atoms with Gasteiger partial charge in [-0.15, -0.1) is 0 Å². The summed E-state index contributed by atoms with van der Waals surface area (Å²) in [7, 11) is 0. The molecule has 80 valence electrons. The number of hydrogen-bond acceptors (Lipinski definition) is 2. The molecule has 1 aromatic carbocycles. The molecule has 1 unspecified atom stereocenters. The summed E-state index contributed by atoms with van der Waals surface area (Å²) in [5.41, 5.74) is 0.566. The van der Waals surface area contributed by atoms with Crippen LogP contribution in [0, 0.1) is 40.2 Å². The standard InChI is InChI=1S/C12H8F2N2/c13-8-2-1-6(3-9(8)14)16-4-7-10-11(16)12(7,10)5-15/h1-3,7,10-11H,4H2/t7-,10-,11?,12+/m1/s1. The van der Waals surface area contributed by atoms with Crippen molar-refractivity contribution in [2.75, 3.05) is 11.4 Å². The van der Waals surface area contributed by atoms with Crippen LogP contribution < -0.4 is 4.90 Å². The van der Waals surface area contributed by atoms with E-state index in [4.69, 9.17) is 5.26 Å². The molecular formula is C12H8F2N2. The van der Waals surface area contributed by atoms with E-state index in [1.807, 2.05) is 4.90 Å². The van der Waals surface area contributed by atoms with E-state index >= 15 is 0 Å². The maximum atomic E-state index is 13.1. The number of hydrogen-bond donors (Lipinski definition) is 0. The molecule has 2 bridgehead atoms. The van der Waals surface area contributed by atoms with Crippen LogP contribution in [0.3, 0.4) is 0 Å². The fourth-order valence-electron chi connectivity index (χ4n) is 3.44. The predicted octanol–water partition coefficient (Wildman–Crippen LogP) is 1.92. The lowest BCUT2D eigenvalue weighted by atomic mass is 10.1. The molecule has 0 N–H and O–H groups in total. The highest BCUT2D eigenvalue weighted by molar-refractivity contribution is 5.64. The first-order valence-corrected chi connectivity index (χ1v) is 5.33. The van der Waals surface area contributed by atoms with Gasteiger partial charge in [-0.2, -0.15) is 5.26 Å². The summed E-state index contributed by atoms with van der Waals surface area (Å²) in [6.07, 6.45) is 0. The minimum atomic E-state index is -0.822. The molecule has 2 heterocycles. The Balaban J connectivity index is 1.70. The Bertz CT molecular complexity index is 544. The SMILES string of the molecule is N#C[C@@]12C3[C@H]1[C@H]2CN3c1ccc(F)c(F)c1. The van der Waals surface area contributed by atoms with Crippen molar-refractivity contribution < 1.29 is 8.78 Å². The molecule has 2 saturated carbocycles. The van der Waals surface area contributed by atoms with Crippen LogP contribution >= 0.6 is 0 Å². The second kappa shape index (κ2) is 2.22. The van der Waals surface area contributed by atoms with Crippen molar-refractivity contribution >= 4 is 5.69 Å². The zero-order chi connectivity index (χ0) is 11.1. The minimum absolute atomic E-state index is 0.134. The van der Waals surface area contributed by atoms with E-state index in [2.05, 4.69) is 6.07 Å². The van der Waals surface area contributed by atoms with Crippen molar-refractivity contribution in [2.24, 2.45) is 17.3 Å². The molecule has 2 nitrogen and oxygen atoms in total. The van der Waals surface area contributed by atoms with Gasteiger partial charge in [0.2, 0.25) is 0 Å². The number of rotatable bonds is 1. The number of anilines is 1. The highest BCUT2D eigenvalue weighted by Gasteiger charge is 2.93. The van der Waals surface area contributed by atoms with Crippen LogP contribution in [0.1, 0.15) is 0 Å². The lowest BCUT2D eigenvalue weighted by Crippen LogP contribution is -2.21. The molecule has 2 saturated heterocycles. The zero-order valence-corrected chi connectivity index (χ0v) is 8.32. The van der Waals surface area contributed by atoms with Crippen molar-refractivity contribution in [1.29, 1.82) is 5.26 Å². The molecule has 0 amide bonds. The van der Waals surface area contributed by atoms with Crippen LogP contribution in [0.5, 0.6) is 0 Å². The summed E-state index contributed by atoms with van der Waals surface area (Å²) < 4.78 is 25.9. The van der Waals surface area contributed by atoms with Gasteiger partial charge in [-0.25, -0.2) is 8.78 Å². The van der Waals surface area contributed by atoms with Gasteiger partial charge in [0.25, 0.3) is 0 Å². The summed E-state index contributed by atoms with van der Waals surface area (Å²) in [6, 6.07) is 6.58. The smallest absolute Gasteiger partial charge is 0.160 e. The number of fused-ring (bicyclic) bond motifs is 1. The second-order valence-electron chi connectivity index (χ2n) is 4.87. The maximum Gasteiger partial charge on any atom is 0.160 e. The fraction of sp³-hybridized carbons (Fsp3) is 0.417. The summed E-state index contributed by atoms with van der Waals surface area (Å²) in [4.78, 5) is 2.04. The first-order valence-electron chi connectivity index (χ1n) is 5.33. The van der Waals surface area contributed by atoms with Gasteiger partial charge in [-0.3, -0.25) is 0 Å². The number of nitriles is 1. The van der Waals surface area contributed by atoms with Gasteiger partial charge in [0, 0.05) is 30.1 Å². The number of benzene rings is 1. The highest BCUT2D eigenvalue weighted by atomic mass is 19.2. The number of halogens is 2. The molecular weight excluding hydrogens is 210 g/mol. The third-order valence-electron chi connectivity index (χ3n) is 4.37. The van der Waals surface area contributed by atoms with Crippen LogP contribution in [0.15, 0.2) is 18.2 Å². The van der Waals surface area contributed by atoms with Crippen molar-refractivity contribution in [3.8, 4) is 6.07 Å². The Labute approximate surface area is 91.1 Å². The minimum Gasteiger partial charge on any atom is -0.366 e. The van der Waals surface area contributed by atoms with E-state index in [-0.39, 0.29) is 11.5 Å². The molecule has 2 aliphatic heterocycles. The van der Waals surface area contributed by atoms with Crippen LogP contribution in [0.2, 0.25) is 0 Å². The average Bonchev–Trinajstić information content (AvgIpc) is 3.00. The van der Waals surface area contributed by atoms with Crippen molar-refractivity contribution in [2.45, 2.75) is 6.04 Å². The predicted molar refractivity (Wildman–Crippen MR) is 52.5 cm³/mol. The van der Waals surface area contributed by atoms with Crippen molar-refractivity contribution in [1.82, 2.24) is 0 Å². The Morgan fingerprint density at radius 3 is 2.75 bits per heavy atom. The van der Waals surface area contributed by atoms with Gasteiger partial charge in [0.05, 0.1) is 17.5 Å². The molecule has 0 radical (unpaired) electrons. The van der Waals surface area contributed by atoms with Crippen LogP contribution in [-0.4, -0.2) is 12.6 Å². The first-order chi connectivity index (χ1) is 7.70. The quantitative estimate of drug-likeness (QED) is 0.720. The molecule has 4 aliphatic rings. The van der Waals surface area contributed by atoms with Crippen molar-refractivity contribution in [3.05, 3.63) is 29.8 Å². The Hall–Kier alpha value is -1.63. The molecule has 4 atom stereocenters. The van der Waals surface area contributed by atoms with E-state index in [9.17, 15) is 8.78 Å². The monoisotopic (exact) mass is 218 g/mol. The van der Waals surface area contributed by atoms with Gasteiger partial charge in [0.1, 0.15) is 0 Å². The van der Waals surface area contributed by atoms with Gasteiger partial charge in [-0.05, 0) is 12.1 Å². The molecule has 0 spiro atoms. The maximum absolute atomic E-state index is 13.1. The van der Waals surface area contributed by atoms with E-state index in [0.29, 0.717) is 17.5 Å². The fourth-order valence-corrected chi connectivity index (χ4v) is 3.44. The Morgan fingerprint density at radius 2 is 2.19 bits per heavy atom. The topological polar surface area (TPSA) is 27.0 Å². The van der Waals surface area contributed by atoms with Gasteiger partial charge < -0.3 is 4.90 Å². The first kappa shape index (κ1) is 8.51. The second-order valence-corrected chi connectivity index (χ2v) is 4.87. The van der Waals surface area contributed by atoms with Gasteiger partial charge in [0.15, 0.2) is 11.6 Å². The van der Waals surface area contributed by atoms with Crippen LogP contribution in [0.4, 0.5) is 14.5 Å². The molecule has 5 rings (SSSR count). The van der Waals surface area contributed by atoms with Crippen molar-refractivity contribution in [3.63, 3.8) is 0 Å². The van der Waals surface area contributed by atoms with E-state index in [0.717, 1.165) is 12.6 Å². The molecule has 2 aliphatic carbocycles. The number of piperidine rings is 1. The van der Waals surface area contributed by atoms with E-state index in [1.54, 1.807) is 6.07 Å². The molecule has 1 aromatic rings. The average molecular weight is 218 g/mol. The van der Waals surface area contributed by atoms with E-state index in [1.165, 1.54) is 6.07 Å². The van der Waals surface area contributed by atoms with E-state index < -0.39 is 11.6 Å². The third-order valence-corrected chi connectivity index (χ3v) is 4.37. The molecule has 16 heavy (non-hydrogen) atoms. The lowest BCUT2D eigenvalue weighted by Gasteiger charge is -2.18. The largest absolute Gasteiger partial charge is 0.366 e. The van der Waals surface area contributed by atoms with Gasteiger partial charge >= 0.3 is 0 Å². The Kier molecular flexibility index (Phi) is 1.18.